The molecule has 1 nitrogen and oxygen atoms in total. The smallest absolute Gasteiger partial charge is 0.0177 e. The number of nitrogens with one attached hydrogen (secondary N) is 1. The Kier molecular flexibility index (Phi) is 5.13. The zero-order chi connectivity index (χ0) is 10.2. The van der Waals surface area contributed by atoms with Crippen molar-refractivity contribution >= 4 is 0 Å². The number of rotatable bonds is 5. The Morgan fingerprint density at radius 3 is 2.79 bits per heavy atom. The maximum absolute atomic E-state index is 3.36. The fraction of sp³-hybridized carbons (Fsp3) is 0.538. The molecule has 1 atom stereocenters. The molecule has 1 N–H and O–H groups in total. The molecule has 0 amide bonds. The van der Waals surface area contributed by atoms with Gasteiger partial charge in [0.15, 0.2) is 0 Å². The maximum Gasteiger partial charge on any atom is 0.0177 e. The van der Waals surface area contributed by atoms with E-state index in [-0.39, 0.29) is 0 Å². The Morgan fingerprint density at radius 1 is 1.21 bits per heavy atom. The van der Waals surface area contributed by atoms with Gasteiger partial charge in [0.05, 0.1) is 0 Å². The molecule has 1 heteroatoms. The van der Waals surface area contributed by atoms with Crippen molar-refractivity contribution in [2.75, 3.05) is 0 Å². The Bertz CT molecular complexity index is 236. The fourth-order valence-corrected chi connectivity index (χ4v) is 1.76. The third kappa shape index (κ3) is 3.41. The van der Waals surface area contributed by atoms with Crippen LogP contribution in [0.3, 0.4) is 0 Å². The Morgan fingerprint density at radius 2 is 2.07 bits per heavy atom. The molecule has 78 valence electrons. The van der Waals surface area contributed by atoms with E-state index in [1.54, 1.807) is 0 Å². The van der Waals surface area contributed by atoms with Crippen LogP contribution in [0, 0.1) is 5.92 Å². The lowest BCUT2D eigenvalue weighted by molar-refractivity contribution is 0.497. The highest BCUT2D eigenvalue weighted by Crippen LogP contribution is 2.20. The maximum atomic E-state index is 3.36. The summed E-state index contributed by atoms with van der Waals surface area (Å²) in [5, 5.41) is 3.36. The van der Waals surface area contributed by atoms with Crippen molar-refractivity contribution in [2.45, 2.75) is 39.5 Å². The molecule has 1 rings (SSSR count). The van der Waals surface area contributed by atoms with Gasteiger partial charge in [-0.25, -0.2) is 0 Å². The molecule has 0 bridgehead atoms. The molecule has 0 saturated heterocycles. The minimum atomic E-state index is 0.697. The van der Waals surface area contributed by atoms with Gasteiger partial charge >= 0.3 is 0 Å². The van der Waals surface area contributed by atoms with Gasteiger partial charge in [0, 0.05) is 11.9 Å². The van der Waals surface area contributed by atoms with E-state index < -0.39 is 0 Å². The van der Waals surface area contributed by atoms with E-state index in [2.05, 4.69) is 37.4 Å². The van der Waals surface area contributed by atoms with Crippen LogP contribution in [0.15, 0.2) is 36.2 Å². The molecule has 0 aromatic rings. The van der Waals surface area contributed by atoms with Crippen molar-refractivity contribution in [2.24, 2.45) is 5.92 Å². The first-order chi connectivity index (χ1) is 6.88. The first-order valence-electron chi connectivity index (χ1n) is 5.68. The molecule has 1 aliphatic rings. The highest BCUT2D eigenvalue weighted by atomic mass is 14.9. The third-order valence-electron chi connectivity index (χ3n) is 2.68. The molecule has 0 aromatic heterocycles. The average Bonchev–Trinajstić information content (AvgIpc) is 2.48. The Hall–Kier alpha value is -0.980. The molecular formula is C13H21N. The van der Waals surface area contributed by atoms with Crippen molar-refractivity contribution in [1.82, 2.24) is 5.32 Å². The van der Waals surface area contributed by atoms with Crippen LogP contribution in [0.5, 0.6) is 0 Å². The van der Waals surface area contributed by atoms with E-state index in [0.717, 1.165) is 0 Å². The molecule has 0 aromatic carbocycles. The first-order valence-corrected chi connectivity index (χ1v) is 5.68. The van der Waals surface area contributed by atoms with Crippen LogP contribution in [0.1, 0.15) is 39.5 Å². The van der Waals surface area contributed by atoms with E-state index in [1.165, 1.54) is 31.4 Å². The van der Waals surface area contributed by atoms with Gasteiger partial charge in [0.2, 0.25) is 0 Å². The van der Waals surface area contributed by atoms with E-state index in [4.69, 9.17) is 0 Å². The van der Waals surface area contributed by atoms with Crippen LogP contribution >= 0.6 is 0 Å². The van der Waals surface area contributed by atoms with Crippen molar-refractivity contribution in [1.29, 1.82) is 0 Å². The third-order valence-corrected chi connectivity index (χ3v) is 2.68. The molecular weight excluding hydrogens is 170 g/mol. The number of allylic oxidation sites excluding steroid dienone is 5. The molecule has 0 radical (unpaired) electrons. The summed E-state index contributed by atoms with van der Waals surface area (Å²) in [6.45, 7) is 4.52. The SMILES string of the molecule is CCCCC(CC)C1=CC=CC=CN1. The molecule has 0 fully saturated rings. The summed E-state index contributed by atoms with van der Waals surface area (Å²) in [6.07, 6.45) is 15.6. The van der Waals surface area contributed by atoms with Gasteiger partial charge in [-0.05, 0) is 30.9 Å². The Balaban J connectivity index is 2.54. The van der Waals surface area contributed by atoms with Crippen molar-refractivity contribution in [3.63, 3.8) is 0 Å². The van der Waals surface area contributed by atoms with E-state index >= 15 is 0 Å². The standard InChI is InChI=1S/C13H21N/c1-3-5-9-12(4-2)13-10-7-6-8-11-14-13/h6-8,10-12,14H,3-5,9H2,1-2H3. The second kappa shape index (κ2) is 6.47. The largest absolute Gasteiger partial charge is 0.365 e. The van der Waals surface area contributed by atoms with Gasteiger partial charge in [0.25, 0.3) is 0 Å². The monoisotopic (exact) mass is 191 g/mol. The quantitative estimate of drug-likeness (QED) is 0.697. The van der Waals surface area contributed by atoms with Gasteiger partial charge < -0.3 is 5.32 Å². The second-order valence-electron chi connectivity index (χ2n) is 3.76. The lowest BCUT2D eigenvalue weighted by Gasteiger charge is -2.18. The molecule has 1 heterocycles. The Labute approximate surface area is 87.6 Å². The molecule has 1 aliphatic heterocycles. The molecule has 0 aliphatic carbocycles. The van der Waals surface area contributed by atoms with Gasteiger partial charge in [-0.2, -0.15) is 0 Å². The summed E-state index contributed by atoms with van der Waals surface area (Å²) in [4.78, 5) is 0. The van der Waals surface area contributed by atoms with E-state index in [9.17, 15) is 0 Å². The second-order valence-corrected chi connectivity index (χ2v) is 3.76. The van der Waals surface area contributed by atoms with Crippen LogP contribution in [0.2, 0.25) is 0 Å². The number of hydrogen-bond acceptors (Lipinski definition) is 1. The normalized spacial score (nSPS) is 17.1. The predicted octanol–water partition coefficient (Wildman–Crippen LogP) is 3.76. The predicted molar refractivity (Wildman–Crippen MR) is 62.8 cm³/mol. The minimum Gasteiger partial charge on any atom is -0.365 e. The average molecular weight is 191 g/mol. The van der Waals surface area contributed by atoms with Crippen LogP contribution in [-0.4, -0.2) is 0 Å². The van der Waals surface area contributed by atoms with E-state index in [0.29, 0.717) is 5.92 Å². The van der Waals surface area contributed by atoms with Crippen molar-refractivity contribution < 1.29 is 0 Å². The molecule has 1 unspecified atom stereocenters. The van der Waals surface area contributed by atoms with Crippen molar-refractivity contribution in [3.05, 3.63) is 36.2 Å². The summed E-state index contributed by atoms with van der Waals surface area (Å²) < 4.78 is 0. The summed E-state index contributed by atoms with van der Waals surface area (Å²) in [5.74, 6) is 0.697. The lowest BCUT2D eigenvalue weighted by Crippen LogP contribution is -2.14. The van der Waals surface area contributed by atoms with Crippen LogP contribution in [-0.2, 0) is 0 Å². The highest BCUT2D eigenvalue weighted by Gasteiger charge is 2.10. The molecule has 0 spiro atoms. The fourth-order valence-electron chi connectivity index (χ4n) is 1.76. The number of hydrogen-bond donors (Lipinski definition) is 1. The summed E-state index contributed by atoms with van der Waals surface area (Å²) in [6, 6.07) is 0. The zero-order valence-corrected chi connectivity index (χ0v) is 9.29. The zero-order valence-electron chi connectivity index (χ0n) is 9.29. The van der Waals surface area contributed by atoms with Gasteiger partial charge in [-0.15, -0.1) is 0 Å². The number of unbranched alkanes of at least 4 members (excludes halogenated alkanes) is 1. The highest BCUT2D eigenvalue weighted by molar-refractivity contribution is 5.22. The topological polar surface area (TPSA) is 12.0 Å². The van der Waals surface area contributed by atoms with Crippen LogP contribution < -0.4 is 5.32 Å². The summed E-state index contributed by atoms with van der Waals surface area (Å²) in [5.41, 5.74) is 1.37. The van der Waals surface area contributed by atoms with Crippen LogP contribution in [0.4, 0.5) is 0 Å². The minimum absolute atomic E-state index is 0.697. The van der Waals surface area contributed by atoms with Gasteiger partial charge in [0.1, 0.15) is 0 Å². The van der Waals surface area contributed by atoms with Gasteiger partial charge in [-0.1, -0.05) is 38.8 Å². The molecule has 0 saturated carbocycles. The summed E-state index contributed by atoms with van der Waals surface area (Å²) in [7, 11) is 0. The van der Waals surface area contributed by atoms with Crippen molar-refractivity contribution in [3.8, 4) is 0 Å². The first kappa shape index (κ1) is 11.1. The lowest BCUT2D eigenvalue weighted by atomic mass is 9.95. The van der Waals surface area contributed by atoms with Gasteiger partial charge in [-0.3, -0.25) is 0 Å². The van der Waals surface area contributed by atoms with E-state index in [1.807, 2.05) is 12.3 Å². The van der Waals surface area contributed by atoms with Crippen LogP contribution in [0.25, 0.3) is 0 Å². The summed E-state index contributed by atoms with van der Waals surface area (Å²) >= 11 is 0. The molecule has 14 heavy (non-hydrogen) atoms.